The van der Waals surface area contributed by atoms with Crippen molar-refractivity contribution >= 4 is 17.5 Å². The zero-order valence-corrected chi connectivity index (χ0v) is 10.1. The van der Waals surface area contributed by atoms with Crippen LogP contribution >= 0.6 is 11.6 Å². The van der Waals surface area contributed by atoms with E-state index in [1.807, 2.05) is 0 Å². The number of hydrogen-bond acceptors (Lipinski definition) is 4. The smallest absolute Gasteiger partial charge is 0.251 e. The van der Waals surface area contributed by atoms with E-state index < -0.39 is 17.8 Å². The highest BCUT2D eigenvalue weighted by Gasteiger charge is 2.15. The summed E-state index contributed by atoms with van der Waals surface area (Å²) in [5.41, 5.74) is 0.261. The Kier molecular flexibility index (Phi) is 3.52. The third kappa shape index (κ3) is 2.62. The van der Waals surface area contributed by atoms with Gasteiger partial charge in [-0.05, 0) is 25.1 Å². The molecule has 1 heterocycles. The molecule has 0 aliphatic heterocycles. The first-order valence-electron chi connectivity index (χ1n) is 5.07. The quantitative estimate of drug-likeness (QED) is 0.884. The number of H-pyrrole nitrogens is 1. The number of nitrogens with one attached hydrogen (secondary N) is 2. The lowest BCUT2D eigenvalue weighted by Crippen LogP contribution is -2.27. The molecule has 6 nitrogen and oxygen atoms in total. The van der Waals surface area contributed by atoms with Crippen molar-refractivity contribution in [2.45, 2.75) is 13.0 Å². The zero-order chi connectivity index (χ0) is 13.1. The molecule has 1 amide bonds. The Morgan fingerprint density at radius 1 is 1.56 bits per heavy atom. The van der Waals surface area contributed by atoms with Crippen molar-refractivity contribution in [3.8, 4) is 0 Å². The minimum Gasteiger partial charge on any atom is -0.342 e. The normalized spacial score (nSPS) is 12.2. The van der Waals surface area contributed by atoms with Crippen LogP contribution in [0, 0.1) is 5.82 Å². The number of rotatable bonds is 3. The lowest BCUT2D eigenvalue weighted by Gasteiger charge is -2.10. The van der Waals surface area contributed by atoms with E-state index in [1.54, 1.807) is 6.92 Å². The number of tetrazole rings is 1. The van der Waals surface area contributed by atoms with Gasteiger partial charge in [0.25, 0.3) is 5.91 Å². The van der Waals surface area contributed by atoms with Gasteiger partial charge in [-0.2, -0.15) is 5.21 Å². The molecule has 2 rings (SSSR count). The first-order chi connectivity index (χ1) is 8.58. The summed E-state index contributed by atoms with van der Waals surface area (Å²) in [5.74, 6) is -0.606. The first kappa shape index (κ1) is 12.4. The van der Waals surface area contributed by atoms with E-state index in [4.69, 9.17) is 11.6 Å². The number of nitrogens with zero attached hydrogens (tertiary/aromatic N) is 3. The van der Waals surface area contributed by atoms with E-state index in [2.05, 4.69) is 25.9 Å². The Hall–Kier alpha value is -2.02. The van der Waals surface area contributed by atoms with Gasteiger partial charge in [-0.3, -0.25) is 4.79 Å². The molecular weight excluding hydrogens is 261 g/mol. The van der Waals surface area contributed by atoms with Crippen molar-refractivity contribution in [1.29, 1.82) is 0 Å². The van der Waals surface area contributed by atoms with Gasteiger partial charge in [-0.15, -0.1) is 10.2 Å². The molecule has 0 aliphatic rings. The van der Waals surface area contributed by atoms with Gasteiger partial charge < -0.3 is 5.32 Å². The average Bonchev–Trinajstić information content (AvgIpc) is 2.86. The summed E-state index contributed by atoms with van der Waals surface area (Å²) in [5, 5.41) is 15.7. The van der Waals surface area contributed by atoms with Gasteiger partial charge >= 0.3 is 0 Å². The Labute approximate surface area is 107 Å². The summed E-state index contributed by atoms with van der Waals surface area (Å²) in [7, 11) is 0. The molecule has 2 aromatic rings. The number of halogens is 2. The lowest BCUT2D eigenvalue weighted by atomic mass is 10.2. The molecule has 1 aromatic carbocycles. The number of benzene rings is 1. The van der Waals surface area contributed by atoms with E-state index in [9.17, 15) is 9.18 Å². The predicted octanol–water partition coefficient (Wildman–Crippen LogP) is 1.48. The van der Waals surface area contributed by atoms with Crippen LogP contribution in [0.2, 0.25) is 5.02 Å². The molecular formula is C10H9ClFN5O. The van der Waals surface area contributed by atoms with Crippen molar-refractivity contribution in [1.82, 2.24) is 25.9 Å². The average molecular weight is 270 g/mol. The molecule has 0 aliphatic carbocycles. The van der Waals surface area contributed by atoms with Gasteiger partial charge in [0.2, 0.25) is 0 Å². The zero-order valence-electron chi connectivity index (χ0n) is 9.32. The maximum absolute atomic E-state index is 13.0. The van der Waals surface area contributed by atoms with Crippen LogP contribution in [0.25, 0.3) is 0 Å². The summed E-state index contributed by atoms with van der Waals surface area (Å²) < 4.78 is 13.0. The molecule has 0 bridgehead atoms. The summed E-state index contributed by atoms with van der Waals surface area (Å²) in [6.07, 6.45) is 0. The fourth-order valence-electron chi connectivity index (χ4n) is 1.33. The van der Waals surface area contributed by atoms with Crippen LogP contribution in [0.15, 0.2) is 18.2 Å². The maximum Gasteiger partial charge on any atom is 0.251 e. The highest BCUT2D eigenvalue weighted by molar-refractivity contribution is 6.31. The Bertz CT molecular complexity index is 559. The summed E-state index contributed by atoms with van der Waals surface area (Å²) in [4.78, 5) is 11.8. The highest BCUT2D eigenvalue weighted by Crippen LogP contribution is 2.16. The van der Waals surface area contributed by atoms with Crippen molar-refractivity contribution in [3.05, 3.63) is 40.4 Å². The topological polar surface area (TPSA) is 83.6 Å². The number of aromatic amines is 1. The predicted molar refractivity (Wildman–Crippen MR) is 61.5 cm³/mol. The van der Waals surface area contributed by atoms with Gasteiger partial charge in [-0.25, -0.2) is 4.39 Å². The molecule has 8 heteroatoms. The molecule has 18 heavy (non-hydrogen) atoms. The van der Waals surface area contributed by atoms with Crippen LogP contribution in [0.1, 0.15) is 29.1 Å². The number of aromatic nitrogens is 4. The van der Waals surface area contributed by atoms with Crippen LogP contribution in [0.3, 0.4) is 0 Å². The Morgan fingerprint density at radius 3 is 2.94 bits per heavy atom. The van der Waals surface area contributed by atoms with Gasteiger partial charge in [-0.1, -0.05) is 16.8 Å². The molecule has 1 aromatic heterocycles. The van der Waals surface area contributed by atoms with E-state index >= 15 is 0 Å². The Morgan fingerprint density at radius 2 is 2.33 bits per heavy atom. The van der Waals surface area contributed by atoms with E-state index in [0.29, 0.717) is 5.82 Å². The molecule has 1 unspecified atom stereocenters. The minimum absolute atomic E-state index is 0.102. The Balaban J connectivity index is 2.10. The third-order valence-corrected chi connectivity index (χ3v) is 2.57. The minimum atomic E-state index is -0.570. The van der Waals surface area contributed by atoms with Crippen LogP contribution in [-0.2, 0) is 0 Å². The van der Waals surface area contributed by atoms with Crippen molar-refractivity contribution in [2.24, 2.45) is 0 Å². The monoisotopic (exact) mass is 269 g/mol. The summed E-state index contributed by atoms with van der Waals surface area (Å²) in [6.45, 7) is 1.70. The van der Waals surface area contributed by atoms with Crippen LogP contribution in [0.5, 0.6) is 0 Å². The molecule has 0 saturated heterocycles. The van der Waals surface area contributed by atoms with Gasteiger partial charge in [0.05, 0.1) is 11.1 Å². The van der Waals surface area contributed by atoms with E-state index in [0.717, 1.165) is 6.07 Å². The van der Waals surface area contributed by atoms with Crippen molar-refractivity contribution in [3.63, 3.8) is 0 Å². The van der Waals surface area contributed by atoms with Crippen LogP contribution < -0.4 is 5.32 Å². The number of amides is 1. The largest absolute Gasteiger partial charge is 0.342 e. The second kappa shape index (κ2) is 5.09. The highest BCUT2D eigenvalue weighted by atomic mass is 35.5. The SMILES string of the molecule is CC(NC(=O)c1ccc(F)c(Cl)c1)c1nn[nH]n1. The third-order valence-electron chi connectivity index (χ3n) is 2.28. The molecule has 0 spiro atoms. The van der Waals surface area contributed by atoms with Crippen molar-refractivity contribution < 1.29 is 9.18 Å². The van der Waals surface area contributed by atoms with Gasteiger partial charge in [0.15, 0.2) is 5.82 Å². The standard InChI is InChI=1S/C10H9ClFN5O/c1-5(9-14-16-17-15-9)13-10(18)6-2-3-8(12)7(11)4-6/h2-5H,1H3,(H,13,18)(H,14,15,16,17). The summed E-state index contributed by atoms with van der Waals surface area (Å²) in [6, 6.07) is 3.32. The van der Waals surface area contributed by atoms with Crippen molar-refractivity contribution in [2.75, 3.05) is 0 Å². The molecule has 2 N–H and O–H groups in total. The van der Waals surface area contributed by atoms with E-state index in [1.165, 1.54) is 12.1 Å². The number of carbonyl (C=O) groups is 1. The first-order valence-corrected chi connectivity index (χ1v) is 5.45. The van der Waals surface area contributed by atoms with Gasteiger partial charge in [0.1, 0.15) is 5.82 Å². The maximum atomic E-state index is 13.0. The second-order valence-electron chi connectivity index (χ2n) is 3.59. The summed E-state index contributed by atoms with van der Waals surface area (Å²) >= 11 is 5.60. The molecule has 0 fully saturated rings. The molecule has 1 atom stereocenters. The lowest BCUT2D eigenvalue weighted by molar-refractivity contribution is 0.0938. The number of hydrogen-bond donors (Lipinski definition) is 2. The second-order valence-corrected chi connectivity index (χ2v) is 4.00. The van der Waals surface area contributed by atoms with Gasteiger partial charge in [0, 0.05) is 5.56 Å². The number of carbonyl (C=O) groups excluding carboxylic acids is 1. The fourth-order valence-corrected chi connectivity index (χ4v) is 1.52. The van der Waals surface area contributed by atoms with Crippen LogP contribution in [0.4, 0.5) is 4.39 Å². The molecule has 0 saturated carbocycles. The molecule has 0 radical (unpaired) electrons. The van der Waals surface area contributed by atoms with E-state index in [-0.39, 0.29) is 10.6 Å². The van der Waals surface area contributed by atoms with Crippen LogP contribution in [-0.4, -0.2) is 26.5 Å². The molecule has 94 valence electrons. The fraction of sp³-hybridized carbons (Fsp3) is 0.200.